The molecular weight excluding hydrogens is 218 g/mol. The molecule has 88 valence electrons. The fraction of sp³-hybridized carbons (Fsp3) is 0.615. The average molecular weight is 237 g/mol. The molecule has 2 rings (SSSR count). The summed E-state index contributed by atoms with van der Waals surface area (Å²) < 4.78 is 0. The average Bonchev–Trinajstić information content (AvgIpc) is 2.31. The maximum absolute atomic E-state index is 10.0. The smallest absolute Gasteiger partial charge is 0.0583 e. The summed E-state index contributed by atoms with van der Waals surface area (Å²) in [6.45, 7) is 0. The zero-order valence-corrected chi connectivity index (χ0v) is 10.3. The van der Waals surface area contributed by atoms with Crippen LogP contribution in [-0.2, 0) is 6.42 Å². The lowest BCUT2D eigenvalue weighted by Crippen LogP contribution is -2.19. The monoisotopic (exact) mass is 237 g/mol. The minimum Gasteiger partial charge on any atom is -0.393 e. The zero-order valence-electron chi connectivity index (χ0n) is 9.51. The van der Waals surface area contributed by atoms with Crippen LogP contribution in [0.3, 0.4) is 0 Å². The minimum atomic E-state index is -0.185. The van der Waals surface area contributed by atoms with Crippen LogP contribution in [0.5, 0.6) is 0 Å². The van der Waals surface area contributed by atoms with Gasteiger partial charge in [0, 0.05) is 12.4 Å². The van der Waals surface area contributed by atoms with Crippen LogP contribution in [0, 0.1) is 5.92 Å². The molecule has 0 spiro atoms. The van der Waals surface area contributed by atoms with Gasteiger partial charge in [0.15, 0.2) is 0 Å². The third-order valence-electron chi connectivity index (χ3n) is 3.17. The number of rotatable bonds is 4. The summed E-state index contributed by atoms with van der Waals surface area (Å²) in [5, 5.41) is 10.0. The van der Waals surface area contributed by atoms with Crippen LogP contribution >= 0.6 is 11.8 Å². The van der Waals surface area contributed by atoms with Gasteiger partial charge in [0.05, 0.1) is 6.10 Å². The molecule has 16 heavy (non-hydrogen) atoms. The summed E-state index contributed by atoms with van der Waals surface area (Å²) in [6.07, 6.45) is 7.68. The number of pyridine rings is 1. The van der Waals surface area contributed by atoms with Crippen molar-refractivity contribution in [3.05, 3.63) is 30.1 Å². The molecule has 0 bridgehead atoms. The molecule has 1 aliphatic rings. The molecule has 0 saturated carbocycles. The van der Waals surface area contributed by atoms with Crippen molar-refractivity contribution >= 4 is 11.8 Å². The van der Waals surface area contributed by atoms with Crippen molar-refractivity contribution < 1.29 is 5.11 Å². The Kier molecular flexibility index (Phi) is 4.67. The number of nitrogens with zero attached hydrogens (tertiary/aromatic N) is 1. The lowest BCUT2D eigenvalue weighted by atomic mass is 9.93. The number of hydrogen-bond donors (Lipinski definition) is 1. The Hall–Kier alpha value is -0.540. The Balaban J connectivity index is 1.77. The van der Waals surface area contributed by atoms with Crippen molar-refractivity contribution in [1.29, 1.82) is 0 Å². The van der Waals surface area contributed by atoms with E-state index in [4.69, 9.17) is 0 Å². The van der Waals surface area contributed by atoms with Crippen molar-refractivity contribution in [2.75, 3.05) is 11.5 Å². The molecule has 3 heteroatoms. The van der Waals surface area contributed by atoms with Crippen LogP contribution < -0.4 is 0 Å². The molecule has 1 aromatic heterocycles. The summed E-state index contributed by atoms with van der Waals surface area (Å²) in [4.78, 5) is 3.98. The van der Waals surface area contributed by atoms with Gasteiger partial charge in [0.1, 0.15) is 0 Å². The summed E-state index contributed by atoms with van der Waals surface area (Å²) in [7, 11) is 0. The number of aromatic nitrogens is 1. The van der Waals surface area contributed by atoms with Gasteiger partial charge < -0.3 is 5.11 Å². The predicted octanol–water partition coefficient (Wildman–Crippen LogP) is 2.52. The van der Waals surface area contributed by atoms with E-state index in [0.717, 1.165) is 18.8 Å². The Bertz CT molecular complexity index is 298. The number of thioether (sulfide) groups is 1. The van der Waals surface area contributed by atoms with Gasteiger partial charge in [-0.15, -0.1) is 0 Å². The highest BCUT2D eigenvalue weighted by Crippen LogP contribution is 2.26. The van der Waals surface area contributed by atoms with Gasteiger partial charge in [0.25, 0.3) is 0 Å². The lowest BCUT2D eigenvalue weighted by Gasteiger charge is -2.23. The molecule has 0 aliphatic carbocycles. The van der Waals surface area contributed by atoms with Crippen LogP contribution in [0.15, 0.2) is 24.5 Å². The zero-order chi connectivity index (χ0) is 11.2. The van der Waals surface area contributed by atoms with E-state index in [1.165, 1.54) is 29.9 Å². The van der Waals surface area contributed by atoms with Crippen LogP contribution in [0.4, 0.5) is 0 Å². The summed E-state index contributed by atoms with van der Waals surface area (Å²) >= 11 is 2.04. The molecule has 2 nitrogen and oxygen atoms in total. The second-order valence-electron chi connectivity index (χ2n) is 4.50. The fourth-order valence-electron chi connectivity index (χ4n) is 2.24. The number of aliphatic hydroxyl groups excluding tert-OH is 1. The molecule has 1 N–H and O–H groups in total. The molecule has 1 atom stereocenters. The van der Waals surface area contributed by atoms with Gasteiger partial charge in [-0.1, -0.05) is 0 Å². The first-order valence-electron chi connectivity index (χ1n) is 5.99. The Morgan fingerprint density at radius 1 is 1.31 bits per heavy atom. The van der Waals surface area contributed by atoms with Crippen molar-refractivity contribution in [1.82, 2.24) is 4.98 Å². The van der Waals surface area contributed by atoms with E-state index >= 15 is 0 Å². The van der Waals surface area contributed by atoms with Gasteiger partial charge in [-0.25, -0.2) is 0 Å². The van der Waals surface area contributed by atoms with E-state index in [1.807, 2.05) is 23.9 Å². The summed E-state index contributed by atoms with van der Waals surface area (Å²) in [5.74, 6) is 3.28. The van der Waals surface area contributed by atoms with Gasteiger partial charge >= 0.3 is 0 Å². The highest BCUT2D eigenvalue weighted by molar-refractivity contribution is 7.99. The van der Waals surface area contributed by atoms with Crippen molar-refractivity contribution in [3.63, 3.8) is 0 Å². The second-order valence-corrected chi connectivity index (χ2v) is 5.73. The third kappa shape index (κ3) is 3.80. The maximum atomic E-state index is 10.0. The standard InChI is InChI=1S/C13H19NOS/c15-13(9-11-1-5-14-6-2-11)10-12-3-7-16-8-4-12/h1-2,5-6,12-13,15H,3-4,7-10H2. The molecule has 1 saturated heterocycles. The highest BCUT2D eigenvalue weighted by atomic mass is 32.2. The van der Waals surface area contributed by atoms with E-state index in [0.29, 0.717) is 0 Å². The van der Waals surface area contributed by atoms with Crippen molar-refractivity contribution in [3.8, 4) is 0 Å². The van der Waals surface area contributed by atoms with Crippen molar-refractivity contribution in [2.45, 2.75) is 31.8 Å². The third-order valence-corrected chi connectivity index (χ3v) is 4.22. The molecule has 1 fully saturated rings. The van der Waals surface area contributed by atoms with E-state index in [-0.39, 0.29) is 6.10 Å². The Morgan fingerprint density at radius 2 is 2.00 bits per heavy atom. The lowest BCUT2D eigenvalue weighted by molar-refractivity contribution is 0.139. The molecule has 2 heterocycles. The Morgan fingerprint density at radius 3 is 2.69 bits per heavy atom. The van der Waals surface area contributed by atoms with Gasteiger partial charge in [0.2, 0.25) is 0 Å². The first-order chi connectivity index (χ1) is 7.84. The molecule has 0 radical (unpaired) electrons. The first kappa shape index (κ1) is 11.9. The van der Waals surface area contributed by atoms with E-state index in [9.17, 15) is 5.11 Å². The molecular formula is C13H19NOS. The number of hydrogen-bond acceptors (Lipinski definition) is 3. The van der Waals surface area contributed by atoms with E-state index in [2.05, 4.69) is 4.98 Å². The largest absolute Gasteiger partial charge is 0.393 e. The second kappa shape index (κ2) is 6.26. The Labute approximate surface area is 101 Å². The SMILES string of the molecule is OC(Cc1ccncc1)CC1CCSCC1. The molecule has 1 aromatic rings. The van der Waals surface area contributed by atoms with Crippen LogP contribution in [-0.4, -0.2) is 27.7 Å². The molecule has 0 amide bonds. The normalized spacial score (nSPS) is 19.6. The van der Waals surface area contributed by atoms with Crippen LogP contribution in [0.2, 0.25) is 0 Å². The summed E-state index contributed by atoms with van der Waals surface area (Å²) in [6, 6.07) is 3.97. The summed E-state index contributed by atoms with van der Waals surface area (Å²) in [5.41, 5.74) is 1.19. The highest BCUT2D eigenvalue weighted by Gasteiger charge is 2.17. The molecule has 1 aliphatic heterocycles. The molecule has 1 unspecified atom stereocenters. The van der Waals surface area contributed by atoms with Gasteiger partial charge in [-0.2, -0.15) is 11.8 Å². The quantitative estimate of drug-likeness (QED) is 0.873. The molecule has 0 aromatic carbocycles. The van der Waals surface area contributed by atoms with Crippen molar-refractivity contribution in [2.24, 2.45) is 5.92 Å². The van der Waals surface area contributed by atoms with E-state index < -0.39 is 0 Å². The predicted molar refractivity (Wildman–Crippen MR) is 68.6 cm³/mol. The maximum Gasteiger partial charge on any atom is 0.0583 e. The van der Waals surface area contributed by atoms with Gasteiger partial charge in [-0.05, 0) is 60.8 Å². The minimum absolute atomic E-state index is 0.185. The van der Waals surface area contributed by atoms with Gasteiger partial charge in [-0.3, -0.25) is 4.98 Å². The van der Waals surface area contributed by atoms with E-state index in [1.54, 1.807) is 12.4 Å². The first-order valence-corrected chi connectivity index (χ1v) is 7.15. The number of aliphatic hydroxyl groups is 1. The fourth-order valence-corrected chi connectivity index (χ4v) is 3.45. The van der Waals surface area contributed by atoms with Crippen LogP contribution in [0.1, 0.15) is 24.8 Å². The topological polar surface area (TPSA) is 33.1 Å². The van der Waals surface area contributed by atoms with Crippen LogP contribution in [0.25, 0.3) is 0 Å².